The minimum absolute atomic E-state index is 0.0500. The SMILES string of the molecule is CC(C)C[C@@H]1NC(=O)CNC(=O)[C@H](C)NC(=O)[C@H](Cc2ccccc2)NC(C)COC(=O)[C@H](Cc2ccccc2)NC1=O. The zero-order valence-corrected chi connectivity index (χ0v) is 25.2. The molecule has 4 amide bonds. The van der Waals surface area contributed by atoms with Gasteiger partial charge in [0.05, 0.1) is 12.6 Å². The molecule has 1 aliphatic heterocycles. The Morgan fingerprint density at radius 2 is 1.28 bits per heavy atom. The van der Waals surface area contributed by atoms with Crippen LogP contribution in [-0.4, -0.2) is 73.0 Å². The summed E-state index contributed by atoms with van der Waals surface area (Å²) in [6.07, 6.45) is 0.822. The number of carbonyl (C=O) groups excluding carboxylic acids is 5. The van der Waals surface area contributed by atoms with E-state index in [1.165, 1.54) is 6.92 Å². The Balaban J connectivity index is 1.86. The largest absolute Gasteiger partial charge is 0.463 e. The fraction of sp³-hybridized carbons (Fsp3) is 0.469. The van der Waals surface area contributed by atoms with E-state index in [9.17, 15) is 24.0 Å². The summed E-state index contributed by atoms with van der Waals surface area (Å²) >= 11 is 0. The maximum atomic E-state index is 13.4. The summed E-state index contributed by atoms with van der Waals surface area (Å²) < 4.78 is 5.64. The Labute approximate surface area is 252 Å². The molecule has 1 aliphatic rings. The first kappa shape index (κ1) is 33.3. The summed E-state index contributed by atoms with van der Waals surface area (Å²) in [6.45, 7) is 6.67. The van der Waals surface area contributed by atoms with E-state index in [1.807, 2.05) is 74.5 Å². The summed E-state index contributed by atoms with van der Waals surface area (Å²) in [7, 11) is 0. The molecule has 5 N–H and O–H groups in total. The van der Waals surface area contributed by atoms with Crippen LogP contribution in [-0.2, 0) is 41.6 Å². The lowest BCUT2D eigenvalue weighted by Crippen LogP contribution is -2.57. The number of hydrogen-bond acceptors (Lipinski definition) is 7. The van der Waals surface area contributed by atoms with E-state index in [0.717, 1.165) is 11.1 Å². The number of rotatable bonds is 6. The van der Waals surface area contributed by atoms with Crippen LogP contribution < -0.4 is 26.6 Å². The van der Waals surface area contributed by atoms with Crippen LogP contribution in [0.3, 0.4) is 0 Å². The lowest BCUT2D eigenvalue weighted by molar-refractivity contribution is -0.148. The van der Waals surface area contributed by atoms with Gasteiger partial charge in [0, 0.05) is 12.5 Å². The van der Waals surface area contributed by atoms with E-state index < -0.39 is 59.8 Å². The molecule has 1 saturated heterocycles. The number of ether oxygens (including phenoxy) is 1. The van der Waals surface area contributed by atoms with Crippen LogP contribution in [0.5, 0.6) is 0 Å². The van der Waals surface area contributed by atoms with Gasteiger partial charge in [-0.2, -0.15) is 0 Å². The molecule has 2 aromatic rings. The van der Waals surface area contributed by atoms with E-state index in [-0.39, 0.29) is 25.5 Å². The topological polar surface area (TPSA) is 155 Å². The van der Waals surface area contributed by atoms with Gasteiger partial charge in [0.25, 0.3) is 0 Å². The molecule has 1 heterocycles. The summed E-state index contributed by atoms with van der Waals surface area (Å²) in [5.41, 5.74) is 1.72. The molecule has 0 radical (unpaired) electrons. The molecule has 3 rings (SSSR count). The molecule has 11 nitrogen and oxygen atoms in total. The Kier molecular flexibility index (Phi) is 12.7. The van der Waals surface area contributed by atoms with Crippen molar-refractivity contribution < 1.29 is 28.7 Å². The van der Waals surface area contributed by atoms with E-state index in [0.29, 0.717) is 12.8 Å². The van der Waals surface area contributed by atoms with Crippen LogP contribution in [0.1, 0.15) is 45.2 Å². The lowest BCUT2D eigenvalue weighted by Gasteiger charge is -2.27. The Bertz CT molecular complexity index is 1240. The standard InChI is InChI=1S/C32H43N5O6/c1-20(2)15-25-31(41)37-27(17-24-13-9-6-10-14-24)32(42)43-19-21(3)34-26(16-23-11-7-5-8-12-23)30(40)35-22(4)29(39)33-18-28(38)36-25/h5-14,20-22,25-27,34H,15-19H2,1-4H3,(H,33,39)(H,35,40)(H,36,38)(H,37,41)/t21?,22-,25-,26-,27-/m0/s1. The van der Waals surface area contributed by atoms with Crippen molar-refractivity contribution in [2.45, 2.75) is 77.2 Å². The molecule has 0 saturated carbocycles. The van der Waals surface area contributed by atoms with Crippen molar-refractivity contribution in [3.8, 4) is 0 Å². The number of cyclic esters (lactones) is 1. The number of hydrogen-bond donors (Lipinski definition) is 5. The van der Waals surface area contributed by atoms with E-state index in [4.69, 9.17) is 4.74 Å². The van der Waals surface area contributed by atoms with Gasteiger partial charge in [-0.05, 0) is 43.7 Å². The quantitative estimate of drug-likeness (QED) is 0.313. The minimum Gasteiger partial charge on any atom is -0.463 e. The third-order valence-corrected chi connectivity index (χ3v) is 6.98. The normalized spacial score (nSPS) is 25.0. The molecule has 0 bridgehead atoms. The van der Waals surface area contributed by atoms with Crippen molar-refractivity contribution in [2.75, 3.05) is 13.2 Å². The third kappa shape index (κ3) is 11.2. The summed E-state index contributed by atoms with van der Waals surface area (Å²) in [5, 5.41) is 13.9. The zero-order chi connectivity index (χ0) is 31.4. The fourth-order valence-electron chi connectivity index (χ4n) is 4.74. The summed E-state index contributed by atoms with van der Waals surface area (Å²) in [5.74, 6) is -2.64. The van der Waals surface area contributed by atoms with Crippen molar-refractivity contribution in [3.05, 3.63) is 71.8 Å². The second-order valence-corrected chi connectivity index (χ2v) is 11.4. The summed E-state index contributed by atoms with van der Waals surface area (Å²) in [6, 6.07) is 14.6. The number of carbonyl (C=O) groups is 5. The molecule has 0 aromatic heterocycles. The molecule has 0 aliphatic carbocycles. The van der Waals surface area contributed by atoms with Crippen LogP contribution in [0.15, 0.2) is 60.7 Å². The smallest absolute Gasteiger partial charge is 0.329 e. The van der Waals surface area contributed by atoms with Crippen molar-refractivity contribution in [1.29, 1.82) is 0 Å². The van der Waals surface area contributed by atoms with Gasteiger partial charge >= 0.3 is 5.97 Å². The predicted octanol–water partition coefficient (Wildman–Crippen LogP) is 1.01. The highest BCUT2D eigenvalue weighted by Crippen LogP contribution is 2.10. The molecule has 2 aromatic carbocycles. The van der Waals surface area contributed by atoms with Gasteiger partial charge in [-0.1, -0.05) is 74.5 Å². The minimum atomic E-state index is -1.02. The molecule has 11 heteroatoms. The molecule has 0 spiro atoms. The number of benzene rings is 2. The van der Waals surface area contributed by atoms with Gasteiger partial charge in [0.2, 0.25) is 23.6 Å². The number of amides is 4. The van der Waals surface area contributed by atoms with Crippen molar-refractivity contribution in [1.82, 2.24) is 26.6 Å². The molecule has 1 unspecified atom stereocenters. The van der Waals surface area contributed by atoms with Gasteiger partial charge in [-0.3, -0.25) is 24.5 Å². The average Bonchev–Trinajstić information content (AvgIpc) is 2.97. The second kappa shape index (κ2) is 16.4. The predicted molar refractivity (Wildman–Crippen MR) is 162 cm³/mol. The summed E-state index contributed by atoms with van der Waals surface area (Å²) in [4.78, 5) is 65.5. The molecule has 43 heavy (non-hydrogen) atoms. The van der Waals surface area contributed by atoms with Crippen LogP contribution in [0.2, 0.25) is 0 Å². The van der Waals surface area contributed by atoms with Crippen LogP contribution in [0.4, 0.5) is 0 Å². The van der Waals surface area contributed by atoms with Gasteiger partial charge in [-0.15, -0.1) is 0 Å². The molecular formula is C32H43N5O6. The molecule has 232 valence electrons. The fourth-order valence-corrected chi connectivity index (χ4v) is 4.74. The van der Waals surface area contributed by atoms with Gasteiger partial charge in [0.15, 0.2) is 0 Å². The van der Waals surface area contributed by atoms with Crippen molar-refractivity contribution in [2.24, 2.45) is 5.92 Å². The monoisotopic (exact) mass is 593 g/mol. The Morgan fingerprint density at radius 3 is 1.86 bits per heavy atom. The first-order chi connectivity index (χ1) is 20.5. The molecular weight excluding hydrogens is 550 g/mol. The van der Waals surface area contributed by atoms with Crippen LogP contribution >= 0.6 is 0 Å². The van der Waals surface area contributed by atoms with Gasteiger partial charge in [-0.25, -0.2) is 4.79 Å². The van der Waals surface area contributed by atoms with Gasteiger partial charge < -0.3 is 26.0 Å². The molecule has 1 fully saturated rings. The average molecular weight is 594 g/mol. The second-order valence-electron chi connectivity index (χ2n) is 11.4. The zero-order valence-electron chi connectivity index (χ0n) is 25.2. The lowest BCUT2D eigenvalue weighted by atomic mass is 10.0. The van der Waals surface area contributed by atoms with Crippen molar-refractivity contribution in [3.63, 3.8) is 0 Å². The third-order valence-electron chi connectivity index (χ3n) is 6.98. The highest BCUT2D eigenvalue weighted by Gasteiger charge is 2.30. The Hall–Kier alpha value is -4.25. The maximum absolute atomic E-state index is 13.4. The van der Waals surface area contributed by atoms with E-state index in [1.54, 1.807) is 6.92 Å². The van der Waals surface area contributed by atoms with Crippen LogP contribution in [0.25, 0.3) is 0 Å². The van der Waals surface area contributed by atoms with Crippen molar-refractivity contribution >= 4 is 29.6 Å². The van der Waals surface area contributed by atoms with E-state index >= 15 is 0 Å². The van der Waals surface area contributed by atoms with E-state index in [2.05, 4.69) is 26.6 Å². The first-order valence-electron chi connectivity index (χ1n) is 14.7. The van der Waals surface area contributed by atoms with Gasteiger partial charge in [0.1, 0.15) is 24.7 Å². The number of nitrogens with one attached hydrogen (secondary N) is 5. The molecule has 5 atom stereocenters. The first-order valence-corrected chi connectivity index (χ1v) is 14.7. The Morgan fingerprint density at radius 1 is 0.721 bits per heavy atom. The highest BCUT2D eigenvalue weighted by molar-refractivity contribution is 5.94. The number of esters is 1. The van der Waals surface area contributed by atoms with Crippen LogP contribution in [0, 0.1) is 5.92 Å². The highest BCUT2D eigenvalue weighted by atomic mass is 16.5. The maximum Gasteiger partial charge on any atom is 0.329 e.